The average Bonchev–Trinajstić information content (AvgIpc) is 3.46. The van der Waals surface area contributed by atoms with Crippen molar-refractivity contribution < 1.29 is 0 Å². The fraction of sp³-hybridized carbons (Fsp3) is 0. The van der Waals surface area contributed by atoms with Crippen LogP contribution in [0.25, 0.3) is 77.5 Å². The number of aromatic nitrogens is 24. The van der Waals surface area contributed by atoms with Gasteiger partial charge in [0.2, 0.25) is 0 Å². The molecule has 0 amide bonds. The summed E-state index contributed by atoms with van der Waals surface area (Å²) in [5.74, 6) is 0. The third-order valence-electron chi connectivity index (χ3n) is 8.58. The van der Waals surface area contributed by atoms with Crippen molar-refractivity contribution in [1.82, 2.24) is 120 Å². The molecule has 0 aromatic carbocycles. The molecule has 0 aliphatic rings. The Morgan fingerprint density at radius 2 is 0.571 bits per heavy atom. The summed E-state index contributed by atoms with van der Waals surface area (Å²) < 4.78 is 0. The number of nitrogens with zero attached hydrogens (tertiary/aromatic N) is 24. The molecule has 24 heteroatoms. The van der Waals surface area contributed by atoms with Crippen LogP contribution < -0.4 is 0 Å². The van der Waals surface area contributed by atoms with Crippen LogP contribution in [-0.4, -0.2) is 120 Å². The number of rotatable bonds is 0. The molecule has 0 aliphatic carbocycles. The minimum Gasteiger partial charge on any atom is -0.262 e. The zero-order valence-electron chi connectivity index (χ0n) is 36.2. The Balaban J connectivity index is 0.000000110. The van der Waals surface area contributed by atoms with E-state index in [1.165, 1.54) is 38.0 Å². The summed E-state index contributed by atoms with van der Waals surface area (Å²) >= 11 is 0. The van der Waals surface area contributed by atoms with Crippen molar-refractivity contribution in [3.05, 3.63) is 198 Å². The summed E-state index contributed by atoms with van der Waals surface area (Å²) in [7, 11) is 0. The van der Waals surface area contributed by atoms with Crippen LogP contribution in [0.1, 0.15) is 0 Å². The molecule has 14 aromatic heterocycles. The van der Waals surface area contributed by atoms with Crippen molar-refractivity contribution in [2.24, 2.45) is 0 Å². The Morgan fingerprint density at radius 3 is 1.13 bits per heavy atom. The summed E-state index contributed by atoms with van der Waals surface area (Å²) in [4.78, 5) is 94.5. The quantitative estimate of drug-likeness (QED) is 0.185. The average molecular weight is 921 g/mol. The molecular weight excluding hydrogens is 889 g/mol. The first-order valence-corrected chi connectivity index (χ1v) is 20.4. The van der Waals surface area contributed by atoms with Crippen LogP contribution >= 0.6 is 0 Å². The van der Waals surface area contributed by atoms with Crippen molar-refractivity contribution >= 4 is 77.5 Å². The summed E-state index contributed by atoms with van der Waals surface area (Å²) in [6.45, 7) is 0. The molecule has 0 fully saturated rings. The lowest BCUT2D eigenvalue weighted by molar-refractivity contribution is 1.13. The van der Waals surface area contributed by atoms with Gasteiger partial charge in [-0.2, -0.15) is 0 Å². The van der Waals surface area contributed by atoms with Crippen LogP contribution in [0.2, 0.25) is 0 Å². The maximum atomic E-state index is 4.08. The highest BCUT2D eigenvalue weighted by Crippen LogP contribution is 2.06. The fourth-order valence-electron chi connectivity index (χ4n) is 5.44. The lowest BCUT2D eigenvalue weighted by atomic mass is 10.3. The van der Waals surface area contributed by atoms with Crippen LogP contribution in [0, 0.1) is 0 Å². The van der Waals surface area contributed by atoms with E-state index in [0.29, 0.717) is 22.6 Å². The van der Waals surface area contributed by atoms with Gasteiger partial charge in [0.1, 0.15) is 60.0 Å². The van der Waals surface area contributed by atoms with Gasteiger partial charge in [0.25, 0.3) is 0 Å². The van der Waals surface area contributed by atoms with Crippen molar-refractivity contribution in [3.63, 3.8) is 0 Å². The SMILES string of the molecule is c1cc2cncnc2cn1.c1cc2nccnc2cn1.c1cnc2nccnc2c1.c1cnc2nccnc2n1.c1cnc2ncncc2c1.c1ncc2cncnc2n1.c1ncc2ncncc2n1. The van der Waals surface area contributed by atoms with E-state index in [1.54, 1.807) is 124 Å². The predicted octanol–water partition coefficient (Wildman–Crippen LogP) is 5.36. The standard InChI is InChI=1S/4C7H5N3.3C6H4N4/c1-2-8-4-7-6(1)3-9-5-10-7;1-2-8-5-7-6(1)9-3-4-10-7;1-2-6-4-8-5-10-7(6)9-3-1;1-2-6-7(9-3-1)10-5-4-8-6;1-5-6(10-3-7-1)2-8-4-9-5;1-5-2-8-4-10-6(5)9-3-7-1;1-2-8-6-5(7-1)9-3-4-10-6/h4*1-5H;3*1-4H. The summed E-state index contributed by atoms with van der Waals surface area (Å²) in [6, 6.07) is 11.2. The van der Waals surface area contributed by atoms with Crippen molar-refractivity contribution in [3.8, 4) is 0 Å². The zero-order valence-corrected chi connectivity index (χ0v) is 36.2. The van der Waals surface area contributed by atoms with E-state index < -0.39 is 0 Å². The van der Waals surface area contributed by atoms with E-state index in [2.05, 4.69) is 120 Å². The predicted molar refractivity (Wildman–Crippen MR) is 255 cm³/mol. The summed E-state index contributed by atoms with van der Waals surface area (Å²) in [5.41, 5.74) is 8.31. The van der Waals surface area contributed by atoms with Crippen LogP contribution in [-0.2, 0) is 0 Å². The minimum atomic E-state index is 0.588. The van der Waals surface area contributed by atoms with E-state index >= 15 is 0 Å². The van der Waals surface area contributed by atoms with Gasteiger partial charge in [-0.25, -0.2) is 94.7 Å². The van der Waals surface area contributed by atoms with Gasteiger partial charge in [-0.1, -0.05) is 0 Å². The van der Waals surface area contributed by atoms with Crippen LogP contribution in [0.4, 0.5) is 0 Å². The van der Waals surface area contributed by atoms with Gasteiger partial charge < -0.3 is 0 Å². The Labute approximate surface area is 394 Å². The summed E-state index contributed by atoms with van der Waals surface area (Å²) in [6.07, 6.45) is 42.4. The first-order chi connectivity index (χ1) is 34.8. The number of fused-ring (bicyclic) bond motifs is 7. The lowest BCUT2D eigenvalue weighted by Gasteiger charge is -1.90. The second kappa shape index (κ2) is 25.1. The van der Waals surface area contributed by atoms with Crippen molar-refractivity contribution in [2.75, 3.05) is 0 Å². The number of hydrogen-bond donors (Lipinski definition) is 0. The second-order valence-electron chi connectivity index (χ2n) is 13.1. The first-order valence-electron chi connectivity index (χ1n) is 20.4. The molecule has 0 N–H and O–H groups in total. The fourth-order valence-corrected chi connectivity index (χ4v) is 5.44. The zero-order chi connectivity index (χ0) is 47.7. The van der Waals surface area contributed by atoms with Gasteiger partial charge in [0.05, 0.1) is 41.2 Å². The Bertz CT molecular complexity index is 2660. The van der Waals surface area contributed by atoms with E-state index in [0.717, 1.165) is 54.9 Å². The van der Waals surface area contributed by atoms with Gasteiger partial charge in [0.15, 0.2) is 28.2 Å². The molecule has 0 unspecified atom stereocenters. The lowest BCUT2D eigenvalue weighted by Crippen LogP contribution is -1.87. The smallest absolute Gasteiger partial charge is 0.197 e. The first kappa shape index (κ1) is 45.8. The molecule has 24 nitrogen and oxygen atoms in total. The maximum Gasteiger partial charge on any atom is 0.197 e. The van der Waals surface area contributed by atoms with Crippen LogP contribution in [0.15, 0.2) is 198 Å². The maximum absolute atomic E-state index is 4.08. The summed E-state index contributed by atoms with van der Waals surface area (Å²) in [5, 5.41) is 2.87. The molecule has 14 heterocycles. The highest BCUT2D eigenvalue weighted by Gasteiger charge is 1.95. The highest BCUT2D eigenvalue weighted by atomic mass is 15.0. The van der Waals surface area contributed by atoms with Gasteiger partial charge >= 0.3 is 0 Å². The number of pyridine rings is 4. The topological polar surface area (TPSA) is 309 Å². The molecule has 70 heavy (non-hydrogen) atoms. The van der Waals surface area contributed by atoms with Gasteiger partial charge in [-0.05, 0) is 36.4 Å². The molecule has 14 aromatic rings. The molecule has 0 aliphatic heterocycles. The molecule has 0 bridgehead atoms. The van der Waals surface area contributed by atoms with Gasteiger partial charge in [-0.15, -0.1) is 0 Å². The largest absolute Gasteiger partial charge is 0.262 e. The Morgan fingerprint density at radius 1 is 0.186 bits per heavy atom. The van der Waals surface area contributed by atoms with Gasteiger partial charge in [0, 0.05) is 110 Å². The van der Waals surface area contributed by atoms with E-state index in [4.69, 9.17) is 0 Å². The van der Waals surface area contributed by atoms with E-state index in [-0.39, 0.29) is 0 Å². The third-order valence-corrected chi connectivity index (χ3v) is 8.58. The third kappa shape index (κ3) is 13.6. The number of hydrogen-bond acceptors (Lipinski definition) is 24. The van der Waals surface area contributed by atoms with Crippen molar-refractivity contribution in [2.45, 2.75) is 0 Å². The van der Waals surface area contributed by atoms with Crippen LogP contribution in [0.3, 0.4) is 0 Å². The molecule has 0 saturated carbocycles. The Kier molecular flexibility index (Phi) is 16.4. The molecule has 14 rings (SSSR count). The molecular formula is C46H32N24. The molecule has 0 atom stereocenters. The van der Waals surface area contributed by atoms with E-state index in [1.807, 2.05) is 36.4 Å². The van der Waals surface area contributed by atoms with Crippen molar-refractivity contribution in [1.29, 1.82) is 0 Å². The Hall–Kier alpha value is -10.8. The second-order valence-corrected chi connectivity index (χ2v) is 13.1. The molecule has 0 radical (unpaired) electrons. The normalized spacial score (nSPS) is 10.0. The molecule has 0 saturated heterocycles. The molecule has 0 spiro atoms. The monoisotopic (exact) mass is 920 g/mol. The highest BCUT2D eigenvalue weighted by molar-refractivity contribution is 5.76. The van der Waals surface area contributed by atoms with Crippen LogP contribution in [0.5, 0.6) is 0 Å². The van der Waals surface area contributed by atoms with E-state index in [9.17, 15) is 0 Å². The molecule has 336 valence electrons. The van der Waals surface area contributed by atoms with Gasteiger partial charge in [-0.3, -0.25) is 24.9 Å². The minimum absolute atomic E-state index is 0.588.